The molecule has 0 spiro atoms. The number of hydrogen-bond donors (Lipinski definition) is 5. The standard InChI is InChI=1S/C23H24N8O5/c1-3-8-31(11-14-10-26-20-18(27-14)19(24)29-23(25)30-20)16-6-4-13(9-12(16)2)21(34)28-15(22(35)36)5-7-17(32)33/h1,4,6,9-10,15H,5,7-8,11H2,2H3,(H,28,34)(H,32,33)(H,35,36)(H4,24,25,26,29,30). The van der Waals surface area contributed by atoms with E-state index in [1.807, 2.05) is 4.90 Å². The maximum Gasteiger partial charge on any atom is 0.326 e. The number of carboxylic acids is 2. The first-order valence-electron chi connectivity index (χ1n) is 10.7. The lowest BCUT2D eigenvalue weighted by atomic mass is 10.1. The Morgan fingerprint density at radius 2 is 1.94 bits per heavy atom. The Kier molecular flexibility index (Phi) is 7.80. The molecule has 13 nitrogen and oxygen atoms in total. The molecule has 186 valence electrons. The molecule has 0 bridgehead atoms. The summed E-state index contributed by atoms with van der Waals surface area (Å²) in [4.78, 5) is 53.2. The Labute approximate surface area is 205 Å². The minimum absolute atomic E-state index is 0.00711. The summed E-state index contributed by atoms with van der Waals surface area (Å²) in [6.45, 7) is 2.26. The number of carboxylic acid groups (broad SMARTS) is 2. The van der Waals surface area contributed by atoms with Crippen LogP contribution >= 0.6 is 0 Å². The van der Waals surface area contributed by atoms with Crippen molar-refractivity contribution in [3.8, 4) is 12.3 Å². The van der Waals surface area contributed by atoms with Gasteiger partial charge in [0.2, 0.25) is 5.95 Å². The van der Waals surface area contributed by atoms with E-state index in [2.05, 4.69) is 31.2 Å². The zero-order chi connectivity index (χ0) is 26.4. The molecule has 3 aromatic rings. The van der Waals surface area contributed by atoms with Gasteiger partial charge in [0, 0.05) is 17.7 Å². The second-order valence-corrected chi connectivity index (χ2v) is 7.86. The number of aliphatic carboxylic acids is 2. The van der Waals surface area contributed by atoms with Crippen molar-refractivity contribution in [3.05, 3.63) is 41.2 Å². The van der Waals surface area contributed by atoms with E-state index in [1.54, 1.807) is 19.1 Å². The SMILES string of the molecule is C#CCN(Cc1cnc2nc(N)nc(N)c2n1)c1ccc(C(=O)NC(CCC(=O)O)C(=O)O)cc1C. The van der Waals surface area contributed by atoms with Gasteiger partial charge in [0.25, 0.3) is 5.91 Å². The zero-order valence-electron chi connectivity index (χ0n) is 19.3. The summed E-state index contributed by atoms with van der Waals surface area (Å²) in [5, 5.41) is 20.4. The largest absolute Gasteiger partial charge is 0.481 e. The molecule has 3 rings (SSSR count). The minimum Gasteiger partial charge on any atom is -0.481 e. The molecule has 0 aliphatic rings. The van der Waals surface area contributed by atoms with Crippen LogP contribution in [-0.2, 0) is 16.1 Å². The van der Waals surface area contributed by atoms with Crippen LogP contribution in [0.4, 0.5) is 17.5 Å². The lowest BCUT2D eigenvalue weighted by Crippen LogP contribution is -2.41. The summed E-state index contributed by atoms with van der Waals surface area (Å²) in [5.74, 6) is -0.424. The Morgan fingerprint density at radius 1 is 1.19 bits per heavy atom. The summed E-state index contributed by atoms with van der Waals surface area (Å²) in [5.41, 5.74) is 14.2. The number of nitrogen functional groups attached to an aromatic ring is 2. The van der Waals surface area contributed by atoms with E-state index in [1.165, 1.54) is 12.3 Å². The quantitative estimate of drug-likeness (QED) is 0.246. The average molecular weight is 492 g/mol. The van der Waals surface area contributed by atoms with E-state index in [4.69, 9.17) is 23.0 Å². The van der Waals surface area contributed by atoms with Crippen LogP contribution < -0.4 is 21.7 Å². The number of fused-ring (bicyclic) bond motifs is 1. The summed E-state index contributed by atoms with van der Waals surface area (Å²) in [7, 11) is 0. The van der Waals surface area contributed by atoms with Crippen molar-refractivity contribution in [2.75, 3.05) is 22.9 Å². The van der Waals surface area contributed by atoms with Crippen LogP contribution in [0.3, 0.4) is 0 Å². The average Bonchev–Trinajstić information content (AvgIpc) is 2.81. The second kappa shape index (κ2) is 11.0. The van der Waals surface area contributed by atoms with Crippen molar-refractivity contribution in [2.45, 2.75) is 32.4 Å². The molecule has 1 aromatic carbocycles. The molecule has 0 fully saturated rings. The van der Waals surface area contributed by atoms with Gasteiger partial charge < -0.3 is 31.9 Å². The van der Waals surface area contributed by atoms with E-state index >= 15 is 0 Å². The van der Waals surface area contributed by atoms with E-state index in [9.17, 15) is 19.5 Å². The molecule has 13 heteroatoms. The summed E-state index contributed by atoms with van der Waals surface area (Å²) in [6, 6.07) is 3.47. The number of aromatic nitrogens is 4. The molecule has 1 atom stereocenters. The number of aryl methyl sites for hydroxylation is 1. The van der Waals surface area contributed by atoms with E-state index in [0.29, 0.717) is 22.5 Å². The number of hydrogen-bond acceptors (Lipinski definition) is 10. The lowest BCUT2D eigenvalue weighted by Gasteiger charge is -2.24. The first kappa shape index (κ1) is 25.6. The number of carbonyl (C=O) groups excluding carboxylic acids is 1. The monoisotopic (exact) mass is 492 g/mol. The summed E-state index contributed by atoms with van der Waals surface area (Å²) < 4.78 is 0. The van der Waals surface area contributed by atoms with Crippen LogP contribution in [0, 0.1) is 19.3 Å². The third kappa shape index (κ3) is 6.11. The van der Waals surface area contributed by atoms with Gasteiger partial charge in [-0.15, -0.1) is 6.42 Å². The molecule has 0 aliphatic carbocycles. The van der Waals surface area contributed by atoms with Crippen LogP contribution in [0.15, 0.2) is 24.4 Å². The molecule has 0 radical (unpaired) electrons. The molecule has 0 saturated heterocycles. The highest BCUT2D eigenvalue weighted by molar-refractivity contribution is 5.97. The predicted octanol–water partition coefficient (Wildman–Crippen LogP) is 0.580. The number of terminal acetylenes is 1. The molecule has 36 heavy (non-hydrogen) atoms. The third-order valence-electron chi connectivity index (χ3n) is 5.19. The Hall–Kier alpha value is -4.99. The number of anilines is 3. The fraction of sp³-hybridized carbons (Fsp3) is 0.261. The van der Waals surface area contributed by atoms with Crippen LogP contribution in [-0.4, -0.2) is 60.6 Å². The maximum absolute atomic E-state index is 12.6. The molecular weight excluding hydrogens is 468 g/mol. The van der Waals surface area contributed by atoms with Gasteiger partial charge in [-0.25, -0.2) is 14.8 Å². The smallest absolute Gasteiger partial charge is 0.326 e. The van der Waals surface area contributed by atoms with Gasteiger partial charge >= 0.3 is 11.9 Å². The van der Waals surface area contributed by atoms with Crippen molar-refractivity contribution in [1.29, 1.82) is 0 Å². The number of benzene rings is 1. The normalized spacial score (nSPS) is 11.4. The zero-order valence-corrected chi connectivity index (χ0v) is 19.3. The predicted molar refractivity (Wildman–Crippen MR) is 131 cm³/mol. The van der Waals surface area contributed by atoms with E-state index < -0.39 is 23.9 Å². The molecular formula is C23H24N8O5. The molecule has 2 aromatic heterocycles. The fourth-order valence-electron chi connectivity index (χ4n) is 3.51. The topological polar surface area (TPSA) is 211 Å². The molecule has 2 heterocycles. The number of amides is 1. The van der Waals surface area contributed by atoms with Gasteiger partial charge in [-0.3, -0.25) is 9.59 Å². The second-order valence-electron chi connectivity index (χ2n) is 7.86. The van der Waals surface area contributed by atoms with Gasteiger partial charge in [0.05, 0.1) is 25.0 Å². The van der Waals surface area contributed by atoms with Gasteiger partial charge in [-0.2, -0.15) is 9.97 Å². The maximum atomic E-state index is 12.6. The third-order valence-corrected chi connectivity index (χ3v) is 5.19. The van der Waals surface area contributed by atoms with Crippen molar-refractivity contribution in [1.82, 2.24) is 25.3 Å². The number of rotatable bonds is 10. The molecule has 0 saturated carbocycles. The highest BCUT2D eigenvalue weighted by Gasteiger charge is 2.22. The molecule has 1 amide bonds. The highest BCUT2D eigenvalue weighted by atomic mass is 16.4. The van der Waals surface area contributed by atoms with Gasteiger partial charge in [-0.05, 0) is 37.1 Å². The van der Waals surface area contributed by atoms with Crippen molar-refractivity contribution in [2.24, 2.45) is 0 Å². The van der Waals surface area contributed by atoms with Crippen molar-refractivity contribution >= 4 is 46.5 Å². The van der Waals surface area contributed by atoms with Crippen molar-refractivity contribution in [3.63, 3.8) is 0 Å². The van der Waals surface area contributed by atoms with E-state index in [-0.39, 0.29) is 48.9 Å². The van der Waals surface area contributed by atoms with Gasteiger partial charge in [0.15, 0.2) is 17.0 Å². The Morgan fingerprint density at radius 3 is 2.58 bits per heavy atom. The number of nitrogens with two attached hydrogens (primary N) is 2. The van der Waals surface area contributed by atoms with Crippen LogP contribution in [0.5, 0.6) is 0 Å². The van der Waals surface area contributed by atoms with Crippen molar-refractivity contribution < 1.29 is 24.6 Å². The first-order chi connectivity index (χ1) is 17.1. The van der Waals surface area contributed by atoms with Crippen LogP contribution in [0.1, 0.15) is 34.5 Å². The number of nitrogens with one attached hydrogen (secondary N) is 1. The molecule has 7 N–H and O–H groups in total. The highest BCUT2D eigenvalue weighted by Crippen LogP contribution is 2.24. The Bertz CT molecular complexity index is 1370. The lowest BCUT2D eigenvalue weighted by molar-refractivity contribution is -0.140. The molecule has 1 unspecified atom stereocenters. The number of nitrogens with zero attached hydrogens (tertiary/aromatic N) is 5. The Balaban J connectivity index is 1.82. The number of carbonyl (C=O) groups is 3. The van der Waals surface area contributed by atoms with Crippen LogP contribution in [0.2, 0.25) is 0 Å². The van der Waals surface area contributed by atoms with Crippen LogP contribution in [0.25, 0.3) is 11.2 Å². The summed E-state index contributed by atoms with van der Waals surface area (Å²) >= 11 is 0. The summed E-state index contributed by atoms with van der Waals surface area (Å²) in [6.07, 6.45) is 6.47. The van der Waals surface area contributed by atoms with Gasteiger partial charge in [-0.1, -0.05) is 5.92 Å². The molecule has 0 aliphatic heterocycles. The van der Waals surface area contributed by atoms with Gasteiger partial charge in [0.1, 0.15) is 6.04 Å². The first-order valence-corrected chi connectivity index (χ1v) is 10.7. The minimum atomic E-state index is -1.33. The van der Waals surface area contributed by atoms with E-state index in [0.717, 1.165) is 0 Å². The fourth-order valence-corrected chi connectivity index (χ4v) is 3.51.